The van der Waals surface area contributed by atoms with Gasteiger partial charge in [-0.15, -0.1) is 0 Å². The highest BCUT2D eigenvalue weighted by Crippen LogP contribution is 2.33. The molecule has 30 heavy (non-hydrogen) atoms. The molecular formula is C23H33N3O4. The van der Waals surface area contributed by atoms with Gasteiger partial charge in [-0.3, -0.25) is 9.78 Å². The Morgan fingerprint density at radius 2 is 2.00 bits per heavy atom. The van der Waals surface area contributed by atoms with Gasteiger partial charge >= 0.3 is 0 Å². The molecule has 1 aliphatic rings. The maximum absolute atomic E-state index is 12.1. The van der Waals surface area contributed by atoms with E-state index in [1.54, 1.807) is 0 Å². The fraction of sp³-hybridized carbons (Fsp3) is 0.565. The Hall–Kier alpha value is -2.38. The predicted octanol–water partition coefficient (Wildman–Crippen LogP) is 3.37. The average Bonchev–Trinajstić information content (AvgIpc) is 2.68. The molecule has 1 fully saturated rings. The Bertz CT molecular complexity index is 848. The Morgan fingerprint density at radius 1 is 1.23 bits per heavy atom. The summed E-state index contributed by atoms with van der Waals surface area (Å²) >= 11 is 0. The molecule has 1 aromatic heterocycles. The molecule has 0 atom stereocenters. The first-order valence-electron chi connectivity index (χ1n) is 10.7. The summed E-state index contributed by atoms with van der Waals surface area (Å²) in [5.74, 6) is 0.703. The van der Waals surface area contributed by atoms with Gasteiger partial charge < -0.3 is 25.3 Å². The number of rotatable bonds is 9. The summed E-state index contributed by atoms with van der Waals surface area (Å²) in [6.45, 7) is 6.87. The van der Waals surface area contributed by atoms with Crippen LogP contribution in [0.25, 0.3) is 10.9 Å². The number of benzene rings is 1. The number of hydrogen-bond acceptors (Lipinski definition) is 6. The topological polar surface area (TPSA) is 95.7 Å². The first-order valence-corrected chi connectivity index (χ1v) is 10.7. The molecule has 7 nitrogen and oxygen atoms in total. The average molecular weight is 416 g/mol. The monoisotopic (exact) mass is 415 g/mol. The third-order valence-electron chi connectivity index (χ3n) is 5.20. The summed E-state index contributed by atoms with van der Waals surface area (Å²) in [4.78, 5) is 16.6. The Labute approximate surface area is 178 Å². The molecule has 0 spiro atoms. The summed E-state index contributed by atoms with van der Waals surface area (Å²) < 4.78 is 17.0. The zero-order valence-electron chi connectivity index (χ0n) is 18.1. The van der Waals surface area contributed by atoms with Gasteiger partial charge in [-0.25, -0.2) is 0 Å². The number of carbonyl (C=O) groups excluding carboxylic acids is 1. The van der Waals surface area contributed by atoms with E-state index in [2.05, 4.69) is 10.3 Å². The zero-order chi connectivity index (χ0) is 21.5. The molecule has 0 unspecified atom stereocenters. The normalized spacial score (nSPS) is 19.2. The van der Waals surface area contributed by atoms with Gasteiger partial charge in [0, 0.05) is 17.4 Å². The maximum atomic E-state index is 12.1. The molecular weight excluding hydrogens is 382 g/mol. The van der Waals surface area contributed by atoms with E-state index in [1.807, 2.05) is 45.0 Å². The number of anilines is 1. The van der Waals surface area contributed by atoms with E-state index in [0.717, 1.165) is 48.0 Å². The molecule has 0 radical (unpaired) electrons. The van der Waals surface area contributed by atoms with Crippen molar-refractivity contribution in [3.63, 3.8) is 0 Å². The van der Waals surface area contributed by atoms with Crippen LogP contribution in [0, 0.1) is 6.92 Å². The summed E-state index contributed by atoms with van der Waals surface area (Å²) in [6.07, 6.45) is 3.79. The van der Waals surface area contributed by atoms with Gasteiger partial charge in [0.25, 0.3) is 0 Å². The lowest BCUT2D eigenvalue weighted by Crippen LogP contribution is -2.41. The number of aryl methyl sites for hydroxylation is 1. The van der Waals surface area contributed by atoms with Gasteiger partial charge in [0.1, 0.15) is 12.4 Å². The van der Waals surface area contributed by atoms with Gasteiger partial charge in [0.2, 0.25) is 5.91 Å². The smallest absolute Gasteiger partial charge is 0.246 e. The zero-order valence-corrected chi connectivity index (χ0v) is 18.1. The molecule has 3 rings (SSSR count). The largest absolute Gasteiger partial charge is 0.490 e. The molecule has 0 bridgehead atoms. The van der Waals surface area contributed by atoms with E-state index in [-0.39, 0.29) is 30.8 Å². The number of carbonyl (C=O) groups is 1. The lowest BCUT2D eigenvalue weighted by Gasteiger charge is -2.30. The van der Waals surface area contributed by atoms with E-state index in [0.29, 0.717) is 18.9 Å². The van der Waals surface area contributed by atoms with Crippen molar-refractivity contribution in [2.75, 3.05) is 25.6 Å². The second-order valence-corrected chi connectivity index (χ2v) is 8.13. The molecule has 3 N–H and O–H groups in total. The van der Waals surface area contributed by atoms with Crippen LogP contribution in [0.1, 0.15) is 45.2 Å². The molecule has 1 heterocycles. The molecule has 164 valence electrons. The lowest BCUT2D eigenvalue weighted by molar-refractivity contribution is -0.127. The molecule has 7 heteroatoms. The van der Waals surface area contributed by atoms with Crippen molar-refractivity contribution in [2.24, 2.45) is 0 Å². The number of nitrogens with two attached hydrogens (primary N) is 1. The number of ether oxygens (including phenoxy) is 3. The van der Waals surface area contributed by atoms with Crippen LogP contribution in [0.3, 0.4) is 0 Å². The Balaban J connectivity index is 1.44. The molecule has 2 aromatic rings. The first kappa shape index (κ1) is 22.3. The minimum Gasteiger partial charge on any atom is -0.490 e. The van der Waals surface area contributed by atoms with Crippen molar-refractivity contribution in [3.8, 4) is 5.75 Å². The van der Waals surface area contributed by atoms with Crippen molar-refractivity contribution in [3.05, 3.63) is 30.0 Å². The van der Waals surface area contributed by atoms with Crippen molar-refractivity contribution in [1.29, 1.82) is 0 Å². The van der Waals surface area contributed by atoms with Gasteiger partial charge in [-0.1, -0.05) is 6.07 Å². The van der Waals surface area contributed by atoms with Gasteiger partial charge in [-0.2, -0.15) is 0 Å². The number of hydrogen-bond donors (Lipinski definition) is 2. The van der Waals surface area contributed by atoms with Crippen LogP contribution in [0.4, 0.5) is 5.69 Å². The highest BCUT2D eigenvalue weighted by atomic mass is 16.5. The Kier molecular flexibility index (Phi) is 7.87. The third kappa shape index (κ3) is 6.31. The second kappa shape index (κ2) is 10.6. The predicted molar refractivity (Wildman–Crippen MR) is 118 cm³/mol. The number of fused-ring (bicyclic) bond motifs is 1. The van der Waals surface area contributed by atoms with E-state index in [1.165, 1.54) is 0 Å². The molecule has 1 saturated carbocycles. The summed E-state index contributed by atoms with van der Waals surface area (Å²) in [5, 5.41) is 3.93. The van der Waals surface area contributed by atoms with Gasteiger partial charge in [0.05, 0.1) is 36.3 Å². The van der Waals surface area contributed by atoms with Crippen molar-refractivity contribution >= 4 is 22.5 Å². The highest BCUT2D eigenvalue weighted by Gasteiger charge is 2.24. The van der Waals surface area contributed by atoms with E-state index in [4.69, 9.17) is 19.9 Å². The maximum Gasteiger partial charge on any atom is 0.246 e. The van der Waals surface area contributed by atoms with E-state index >= 15 is 0 Å². The van der Waals surface area contributed by atoms with Crippen LogP contribution in [-0.4, -0.2) is 49.0 Å². The molecule has 1 aromatic carbocycles. The summed E-state index contributed by atoms with van der Waals surface area (Å²) in [5.41, 5.74) is 8.66. The number of pyridine rings is 1. The van der Waals surface area contributed by atoms with Crippen LogP contribution >= 0.6 is 0 Å². The standard InChI is InChI=1S/C23H33N3O4/c1-15(2)29-12-11-28-14-22(27)26-17-7-9-18(10-8-17)30-21-6-4-5-20-23(21)19(24)13-16(3)25-20/h4-6,13,15,17-18H,7-12,14H2,1-3H3,(H2,24,25)(H,26,27). The third-order valence-corrected chi connectivity index (χ3v) is 5.20. The van der Waals surface area contributed by atoms with E-state index < -0.39 is 0 Å². The summed E-state index contributed by atoms with van der Waals surface area (Å²) in [7, 11) is 0. The van der Waals surface area contributed by atoms with Crippen LogP contribution in [0.15, 0.2) is 24.3 Å². The van der Waals surface area contributed by atoms with Crippen molar-refractivity contribution in [1.82, 2.24) is 10.3 Å². The fourth-order valence-electron chi connectivity index (χ4n) is 3.80. The molecule has 0 aliphatic heterocycles. The van der Waals surface area contributed by atoms with Gasteiger partial charge in [0.15, 0.2) is 0 Å². The molecule has 1 amide bonds. The lowest BCUT2D eigenvalue weighted by atomic mass is 9.93. The fourth-order valence-corrected chi connectivity index (χ4v) is 3.80. The van der Waals surface area contributed by atoms with Crippen molar-refractivity contribution in [2.45, 2.75) is 64.7 Å². The van der Waals surface area contributed by atoms with Crippen LogP contribution < -0.4 is 15.8 Å². The Morgan fingerprint density at radius 3 is 2.73 bits per heavy atom. The summed E-state index contributed by atoms with van der Waals surface area (Å²) in [6, 6.07) is 7.88. The van der Waals surface area contributed by atoms with Crippen LogP contribution in [-0.2, 0) is 14.3 Å². The molecule has 1 aliphatic carbocycles. The number of aromatic nitrogens is 1. The van der Waals surface area contributed by atoms with Gasteiger partial charge in [-0.05, 0) is 64.7 Å². The van der Waals surface area contributed by atoms with Crippen molar-refractivity contribution < 1.29 is 19.0 Å². The number of amides is 1. The number of nitrogen functional groups attached to an aromatic ring is 1. The van der Waals surface area contributed by atoms with E-state index in [9.17, 15) is 4.79 Å². The minimum atomic E-state index is -0.0767. The van der Waals surface area contributed by atoms with Crippen LogP contribution in [0.2, 0.25) is 0 Å². The SMILES string of the molecule is Cc1cc(N)c2c(OC3CCC(NC(=O)COCCOC(C)C)CC3)cccc2n1. The quantitative estimate of drug-likeness (QED) is 0.610. The van der Waals surface area contributed by atoms with Crippen LogP contribution in [0.5, 0.6) is 5.75 Å². The number of nitrogens with zero attached hydrogens (tertiary/aromatic N) is 1. The minimum absolute atomic E-state index is 0.0690. The number of nitrogens with one attached hydrogen (secondary N) is 1. The molecule has 0 saturated heterocycles. The second-order valence-electron chi connectivity index (χ2n) is 8.13. The first-order chi connectivity index (χ1) is 14.4. The highest BCUT2D eigenvalue weighted by molar-refractivity contribution is 5.95.